The average molecular weight is 268 g/mol. The van der Waals surface area contributed by atoms with Gasteiger partial charge in [0.1, 0.15) is 6.04 Å². The third-order valence-electron chi connectivity index (χ3n) is 2.97. The molecule has 1 amide bonds. The molecule has 8 heteroatoms. The maximum Gasteiger partial charge on any atom is 0.305 e. The number of aliphatic carboxylic acids is 1. The summed E-state index contributed by atoms with van der Waals surface area (Å²) in [7, 11) is 0. The summed E-state index contributed by atoms with van der Waals surface area (Å²) in [5.41, 5.74) is 0. The van der Waals surface area contributed by atoms with Crippen molar-refractivity contribution < 1.29 is 19.2 Å². The van der Waals surface area contributed by atoms with Gasteiger partial charge in [0.05, 0.1) is 13.0 Å². The number of aryl methyl sites for hydroxylation is 1. The molecule has 1 aliphatic rings. The molecule has 0 bridgehead atoms. The normalized spacial score (nSPS) is 20.3. The minimum Gasteiger partial charge on any atom is -0.481 e. The zero-order valence-electron chi connectivity index (χ0n) is 10.6. The highest BCUT2D eigenvalue weighted by molar-refractivity contribution is 5.86. The number of piperazine rings is 1. The second kappa shape index (κ2) is 5.79. The van der Waals surface area contributed by atoms with Crippen LogP contribution in [0.1, 0.15) is 25.1 Å². The van der Waals surface area contributed by atoms with Gasteiger partial charge in [-0.05, 0) is 0 Å². The van der Waals surface area contributed by atoms with Crippen molar-refractivity contribution in [1.29, 1.82) is 0 Å². The van der Waals surface area contributed by atoms with Crippen LogP contribution in [0.2, 0.25) is 0 Å². The Bertz CT molecular complexity index is 473. The summed E-state index contributed by atoms with van der Waals surface area (Å²) in [5, 5.41) is 15.3. The van der Waals surface area contributed by atoms with Gasteiger partial charge in [0.25, 0.3) is 0 Å². The smallest absolute Gasteiger partial charge is 0.305 e. The molecule has 2 rings (SSSR count). The van der Waals surface area contributed by atoms with Crippen LogP contribution < -0.4 is 5.32 Å². The fraction of sp³-hybridized carbons (Fsp3) is 0.636. The molecule has 1 unspecified atom stereocenters. The van der Waals surface area contributed by atoms with Gasteiger partial charge in [0.2, 0.25) is 11.8 Å². The van der Waals surface area contributed by atoms with Gasteiger partial charge in [0, 0.05) is 19.5 Å². The SMILES string of the molecule is CCc1noc(CN2CCNC(=O)C2CC(=O)O)n1. The second-order valence-electron chi connectivity index (χ2n) is 4.33. The molecule has 104 valence electrons. The Morgan fingerprint density at radius 2 is 2.42 bits per heavy atom. The Morgan fingerprint density at radius 1 is 1.63 bits per heavy atom. The number of carbonyl (C=O) groups is 2. The van der Waals surface area contributed by atoms with Crippen molar-refractivity contribution in [1.82, 2.24) is 20.4 Å². The number of amides is 1. The lowest BCUT2D eigenvalue weighted by Crippen LogP contribution is -2.55. The van der Waals surface area contributed by atoms with Crippen molar-refractivity contribution >= 4 is 11.9 Å². The van der Waals surface area contributed by atoms with E-state index in [4.69, 9.17) is 9.63 Å². The van der Waals surface area contributed by atoms with E-state index in [2.05, 4.69) is 15.5 Å². The fourth-order valence-electron chi connectivity index (χ4n) is 2.01. The van der Waals surface area contributed by atoms with Crippen molar-refractivity contribution in [3.8, 4) is 0 Å². The average Bonchev–Trinajstić information content (AvgIpc) is 2.81. The first-order valence-corrected chi connectivity index (χ1v) is 6.15. The van der Waals surface area contributed by atoms with E-state index in [9.17, 15) is 9.59 Å². The standard InChI is InChI=1S/C11H16N4O4/c1-2-8-13-9(19-14-8)6-15-4-3-12-11(18)7(15)5-10(16)17/h7H,2-6H2,1H3,(H,12,18)(H,16,17). The van der Waals surface area contributed by atoms with E-state index in [0.717, 1.165) is 0 Å². The Kier molecular flexibility index (Phi) is 4.10. The summed E-state index contributed by atoms with van der Waals surface area (Å²) in [6.45, 7) is 3.26. The van der Waals surface area contributed by atoms with Crippen LogP contribution >= 0.6 is 0 Å². The zero-order valence-corrected chi connectivity index (χ0v) is 10.6. The third kappa shape index (κ3) is 3.28. The van der Waals surface area contributed by atoms with Crippen LogP contribution in [0.3, 0.4) is 0 Å². The van der Waals surface area contributed by atoms with Gasteiger partial charge in [0.15, 0.2) is 5.82 Å². The van der Waals surface area contributed by atoms with Gasteiger partial charge in [-0.3, -0.25) is 14.5 Å². The molecule has 0 aromatic carbocycles. The molecule has 2 heterocycles. The van der Waals surface area contributed by atoms with Crippen LogP contribution in [0.4, 0.5) is 0 Å². The van der Waals surface area contributed by atoms with E-state index in [-0.39, 0.29) is 12.3 Å². The van der Waals surface area contributed by atoms with E-state index in [1.807, 2.05) is 6.92 Å². The van der Waals surface area contributed by atoms with Crippen LogP contribution in [0.25, 0.3) is 0 Å². The predicted molar refractivity (Wildman–Crippen MR) is 63.1 cm³/mol. The van der Waals surface area contributed by atoms with E-state index < -0.39 is 12.0 Å². The van der Waals surface area contributed by atoms with Gasteiger partial charge >= 0.3 is 5.97 Å². The van der Waals surface area contributed by atoms with Crippen LogP contribution in [0.15, 0.2) is 4.52 Å². The number of hydrogen-bond donors (Lipinski definition) is 2. The lowest BCUT2D eigenvalue weighted by molar-refractivity contribution is -0.143. The van der Waals surface area contributed by atoms with Crippen molar-refractivity contribution in [2.75, 3.05) is 13.1 Å². The van der Waals surface area contributed by atoms with E-state index in [0.29, 0.717) is 37.8 Å². The molecule has 19 heavy (non-hydrogen) atoms. The molecule has 0 aliphatic carbocycles. The number of nitrogens with one attached hydrogen (secondary N) is 1. The number of carboxylic acid groups (broad SMARTS) is 1. The minimum atomic E-state index is -1.01. The first-order chi connectivity index (χ1) is 9.10. The molecule has 0 spiro atoms. The lowest BCUT2D eigenvalue weighted by Gasteiger charge is -2.32. The van der Waals surface area contributed by atoms with Gasteiger partial charge in [-0.15, -0.1) is 0 Å². The van der Waals surface area contributed by atoms with E-state index >= 15 is 0 Å². The van der Waals surface area contributed by atoms with Crippen LogP contribution in [0, 0.1) is 0 Å². The summed E-state index contributed by atoms with van der Waals surface area (Å²) < 4.78 is 5.06. The molecule has 1 aromatic heterocycles. The maximum atomic E-state index is 11.7. The molecule has 1 atom stereocenters. The second-order valence-corrected chi connectivity index (χ2v) is 4.33. The van der Waals surface area contributed by atoms with Crippen LogP contribution in [0.5, 0.6) is 0 Å². The Balaban J connectivity index is 2.06. The van der Waals surface area contributed by atoms with E-state index in [1.54, 1.807) is 4.90 Å². The van der Waals surface area contributed by atoms with E-state index in [1.165, 1.54) is 0 Å². The van der Waals surface area contributed by atoms with Crippen molar-refractivity contribution in [2.24, 2.45) is 0 Å². The van der Waals surface area contributed by atoms with Gasteiger partial charge in [-0.25, -0.2) is 0 Å². The number of carbonyl (C=O) groups excluding carboxylic acids is 1. The largest absolute Gasteiger partial charge is 0.481 e. The number of carboxylic acids is 1. The highest BCUT2D eigenvalue weighted by Crippen LogP contribution is 2.13. The first-order valence-electron chi connectivity index (χ1n) is 6.15. The summed E-state index contributed by atoms with van der Waals surface area (Å²) >= 11 is 0. The number of nitrogens with zero attached hydrogens (tertiary/aromatic N) is 3. The molecule has 1 aromatic rings. The topological polar surface area (TPSA) is 109 Å². The van der Waals surface area contributed by atoms with Crippen LogP contribution in [-0.4, -0.2) is 51.2 Å². The highest BCUT2D eigenvalue weighted by Gasteiger charge is 2.32. The fourth-order valence-corrected chi connectivity index (χ4v) is 2.01. The molecule has 1 saturated heterocycles. The zero-order chi connectivity index (χ0) is 13.8. The van der Waals surface area contributed by atoms with Crippen molar-refractivity contribution in [3.63, 3.8) is 0 Å². The summed E-state index contributed by atoms with van der Waals surface area (Å²) in [4.78, 5) is 28.4. The molecule has 8 nitrogen and oxygen atoms in total. The van der Waals surface area contributed by atoms with Crippen molar-refractivity contribution in [3.05, 3.63) is 11.7 Å². The Labute approximate surface area is 109 Å². The molecular weight excluding hydrogens is 252 g/mol. The minimum absolute atomic E-state index is 0.236. The lowest BCUT2D eigenvalue weighted by atomic mass is 10.1. The monoisotopic (exact) mass is 268 g/mol. The van der Waals surface area contributed by atoms with Crippen LogP contribution in [-0.2, 0) is 22.6 Å². The van der Waals surface area contributed by atoms with Gasteiger partial charge in [-0.2, -0.15) is 4.98 Å². The Hall–Kier alpha value is -1.96. The first kappa shape index (κ1) is 13.5. The molecular formula is C11H16N4O4. The molecule has 0 radical (unpaired) electrons. The number of hydrogen-bond acceptors (Lipinski definition) is 6. The summed E-state index contributed by atoms with van der Waals surface area (Å²) in [6, 6.07) is -0.691. The Morgan fingerprint density at radius 3 is 3.05 bits per heavy atom. The third-order valence-corrected chi connectivity index (χ3v) is 2.97. The van der Waals surface area contributed by atoms with Gasteiger partial charge < -0.3 is 14.9 Å². The van der Waals surface area contributed by atoms with Gasteiger partial charge in [-0.1, -0.05) is 12.1 Å². The quantitative estimate of drug-likeness (QED) is 0.734. The summed E-state index contributed by atoms with van der Waals surface area (Å²) in [5.74, 6) is -0.274. The molecule has 1 aliphatic heterocycles. The number of rotatable bonds is 5. The molecule has 2 N–H and O–H groups in total. The molecule has 0 saturated carbocycles. The highest BCUT2D eigenvalue weighted by atomic mass is 16.5. The summed E-state index contributed by atoms with van der Waals surface area (Å²) in [6.07, 6.45) is 0.434. The maximum absolute atomic E-state index is 11.7. The molecule has 1 fully saturated rings. The number of aromatic nitrogens is 2. The van der Waals surface area contributed by atoms with Crippen molar-refractivity contribution in [2.45, 2.75) is 32.4 Å². The predicted octanol–water partition coefficient (Wildman–Crippen LogP) is -0.593.